The molecule has 0 amide bonds. The van der Waals surface area contributed by atoms with Crippen LogP contribution in [0.25, 0.3) is 0 Å². The number of carbonyl (C=O) groups excluding carboxylic acids is 3. The van der Waals surface area contributed by atoms with Gasteiger partial charge in [-0.15, -0.1) is 0 Å². The zero-order valence-corrected chi connectivity index (χ0v) is 28.4. The van der Waals surface area contributed by atoms with Crippen molar-refractivity contribution in [3.05, 3.63) is 103 Å². The van der Waals surface area contributed by atoms with Crippen LogP contribution in [0.5, 0.6) is 28.7 Å². The van der Waals surface area contributed by atoms with Gasteiger partial charge in [-0.3, -0.25) is 0 Å². The summed E-state index contributed by atoms with van der Waals surface area (Å²) in [6.07, 6.45) is 8.65. The quantitative estimate of drug-likeness (QED) is 0.0320. The average molecular weight is 675 g/mol. The Labute approximate surface area is 288 Å². The molecule has 3 aromatic rings. The van der Waals surface area contributed by atoms with E-state index in [1.807, 2.05) is 6.92 Å². The summed E-state index contributed by atoms with van der Waals surface area (Å²) in [6, 6.07) is 18.8. The summed E-state index contributed by atoms with van der Waals surface area (Å²) in [4.78, 5) is 35.4. The van der Waals surface area contributed by atoms with Crippen molar-refractivity contribution in [1.29, 1.82) is 0 Å². The minimum absolute atomic E-state index is 0.0432. The van der Waals surface area contributed by atoms with Crippen LogP contribution in [-0.4, -0.2) is 44.2 Å². The molecule has 0 radical (unpaired) electrons. The Morgan fingerprint density at radius 3 is 2.00 bits per heavy atom. The van der Waals surface area contributed by atoms with E-state index in [1.165, 1.54) is 0 Å². The number of unbranched alkanes of at least 4 members (excludes halogenated alkanes) is 5. The summed E-state index contributed by atoms with van der Waals surface area (Å²) in [5.41, 5.74) is 1.16. The summed E-state index contributed by atoms with van der Waals surface area (Å²) < 4.78 is 39.0. The number of carbonyl (C=O) groups is 3. The van der Waals surface area contributed by atoms with E-state index in [-0.39, 0.29) is 6.79 Å². The maximum Gasteiger partial charge on any atom is 0.343 e. The third-order valence-electron chi connectivity index (χ3n) is 7.15. The maximum atomic E-state index is 12.7. The maximum absolute atomic E-state index is 12.7. The van der Waals surface area contributed by atoms with E-state index in [1.54, 1.807) is 66.7 Å². The van der Waals surface area contributed by atoms with Crippen molar-refractivity contribution in [1.82, 2.24) is 0 Å². The molecular formula is C39H46O10. The topological polar surface area (TPSA) is 116 Å². The van der Waals surface area contributed by atoms with E-state index >= 15 is 0 Å². The molecule has 0 saturated heterocycles. The molecule has 262 valence electrons. The highest BCUT2D eigenvalue weighted by molar-refractivity contribution is 5.91. The van der Waals surface area contributed by atoms with Gasteiger partial charge in [0, 0.05) is 18.6 Å². The Morgan fingerprint density at radius 1 is 0.694 bits per heavy atom. The molecule has 0 bridgehead atoms. The predicted octanol–water partition coefficient (Wildman–Crippen LogP) is 8.31. The summed E-state index contributed by atoms with van der Waals surface area (Å²) in [5, 5.41) is 0. The van der Waals surface area contributed by atoms with E-state index in [2.05, 4.69) is 20.1 Å². The highest BCUT2D eigenvalue weighted by Crippen LogP contribution is 2.26. The predicted molar refractivity (Wildman–Crippen MR) is 185 cm³/mol. The van der Waals surface area contributed by atoms with Gasteiger partial charge < -0.3 is 33.2 Å². The van der Waals surface area contributed by atoms with Gasteiger partial charge in [-0.1, -0.05) is 32.9 Å². The lowest BCUT2D eigenvalue weighted by Crippen LogP contribution is -2.23. The van der Waals surface area contributed by atoms with Gasteiger partial charge in [0.15, 0.2) is 0 Å². The minimum atomic E-state index is -0.695. The van der Waals surface area contributed by atoms with Crippen molar-refractivity contribution < 1.29 is 47.5 Å². The number of aryl methyl sites for hydroxylation is 1. The molecule has 10 heteroatoms. The zero-order chi connectivity index (χ0) is 35.3. The largest absolute Gasteiger partial charge is 0.494 e. The van der Waals surface area contributed by atoms with Gasteiger partial charge in [-0.25, -0.2) is 14.4 Å². The van der Waals surface area contributed by atoms with Crippen LogP contribution in [0.2, 0.25) is 0 Å². The van der Waals surface area contributed by atoms with Gasteiger partial charge in [0.1, 0.15) is 28.7 Å². The van der Waals surface area contributed by atoms with E-state index in [0.717, 1.165) is 62.7 Å². The third-order valence-corrected chi connectivity index (χ3v) is 7.15. The molecule has 1 atom stereocenters. The van der Waals surface area contributed by atoms with Crippen LogP contribution in [0.3, 0.4) is 0 Å². The first-order valence-corrected chi connectivity index (χ1v) is 16.5. The van der Waals surface area contributed by atoms with E-state index in [4.69, 9.17) is 33.2 Å². The van der Waals surface area contributed by atoms with E-state index < -0.39 is 24.2 Å². The highest BCUT2D eigenvalue weighted by atomic mass is 16.7. The highest BCUT2D eigenvalue weighted by Gasteiger charge is 2.15. The molecule has 3 rings (SSSR count). The Kier molecular flexibility index (Phi) is 16.8. The second-order valence-corrected chi connectivity index (χ2v) is 11.0. The van der Waals surface area contributed by atoms with Gasteiger partial charge in [-0.2, -0.15) is 0 Å². The number of ether oxygens (including phenoxy) is 7. The first-order chi connectivity index (χ1) is 23.8. The fourth-order valence-electron chi connectivity index (χ4n) is 4.49. The molecule has 0 aliphatic heterocycles. The number of hydrogen-bond acceptors (Lipinski definition) is 10. The van der Waals surface area contributed by atoms with Crippen molar-refractivity contribution in [2.45, 2.75) is 71.5 Å². The van der Waals surface area contributed by atoms with Crippen molar-refractivity contribution in [3.8, 4) is 28.7 Å². The van der Waals surface area contributed by atoms with Crippen LogP contribution in [0, 0.1) is 6.92 Å². The summed E-state index contributed by atoms with van der Waals surface area (Å²) in [5.74, 6) is 1.33. The number of esters is 3. The van der Waals surface area contributed by atoms with Crippen LogP contribution in [-0.2, 0) is 19.1 Å². The minimum Gasteiger partial charge on any atom is -0.494 e. The summed E-state index contributed by atoms with van der Waals surface area (Å²) in [6.45, 7) is 11.7. The fourth-order valence-corrected chi connectivity index (χ4v) is 4.49. The number of hydrogen-bond donors (Lipinski definition) is 0. The molecule has 0 spiro atoms. The standard InChI is InChI=1S/C39H46O10/c1-5-8-11-14-38(49-37(41)7-3)47-33-21-19-32(20-22-33)45-28-46-35-24-23-34(27-29(35)4)48-39(42)30-15-17-31(18-16-30)43-25-12-9-10-13-26-44-36(40)6-2/h6-7,15-24,27,38H,2-3,5,8-14,25-26,28H2,1,4H3. The van der Waals surface area contributed by atoms with Crippen molar-refractivity contribution in [2.75, 3.05) is 20.0 Å². The fraction of sp³-hybridized carbons (Fsp3) is 0.359. The Morgan fingerprint density at radius 2 is 1.33 bits per heavy atom. The second kappa shape index (κ2) is 21.6. The molecule has 0 aromatic heterocycles. The average Bonchev–Trinajstić information content (AvgIpc) is 3.11. The Bertz CT molecular complexity index is 1480. The Balaban J connectivity index is 1.38. The molecule has 0 heterocycles. The van der Waals surface area contributed by atoms with Crippen LogP contribution >= 0.6 is 0 Å². The van der Waals surface area contributed by atoms with Gasteiger partial charge in [0.25, 0.3) is 0 Å². The van der Waals surface area contributed by atoms with Crippen molar-refractivity contribution >= 4 is 17.9 Å². The molecule has 3 aromatic carbocycles. The monoisotopic (exact) mass is 674 g/mol. The van der Waals surface area contributed by atoms with Gasteiger partial charge >= 0.3 is 17.9 Å². The van der Waals surface area contributed by atoms with Crippen LogP contribution in [0.15, 0.2) is 92.0 Å². The Hall–Kier alpha value is -5.25. The molecule has 0 fully saturated rings. The lowest BCUT2D eigenvalue weighted by molar-refractivity contribution is -0.158. The molecule has 0 N–H and O–H groups in total. The third kappa shape index (κ3) is 14.6. The molecule has 1 unspecified atom stereocenters. The lowest BCUT2D eigenvalue weighted by Gasteiger charge is -2.19. The SMILES string of the molecule is C=CC(=O)OCCCCCCOc1ccc(C(=O)Oc2ccc(OCOc3ccc(OC(CCCCC)OC(=O)C=C)cc3)c(C)c2)cc1. The lowest BCUT2D eigenvalue weighted by atomic mass is 10.2. The van der Waals surface area contributed by atoms with E-state index in [9.17, 15) is 14.4 Å². The molecule has 10 nitrogen and oxygen atoms in total. The van der Waals surface area contributed by atoms with Crippen LogP contribution < -0.4 is 23.7 Å². The normalized spacial score (nSPS) is 11.1. The first-order valence-electron chi connectivity index (χ1n) is 16.5. The van der Waals surface area contributed by atoms with E-state index in [0.29, 0.717) is 53.9 Å². The van der Waals surface area contributed by atoms with Gasteiger partial charge in [0.05, 0.1) is 18.8 Å². The van der Waals surface area contributed by atoms with Crippen molar-refractivity contribution in [2.24, 2.45) is 0 Å². The number of rotatable bonds is 23. The summed E-state index contributed by atoms with van der Waals surface area (Å²) >= 11 is 0. The van der Waals surface area contributed by atoms with Crippen LogP contribution in [0.4, 0.5) is 0 Å². The molecule has 0 aliphatic carbocycles. The van der Waals surface area contributed by atoms with Crippen LogP contribution in [0.1, 0.15) is 74.2 Å². The molecule has 0 aliphatic rings. The first kappa shape index (κ1) is 38.2. The second-order valence-electron chi connectivity index (χ2n) is 11.0. The molecule has 0 saturated carbocycles. The molecule has 49 heavy (non-hydrogen) atoms. The number of benzene rings is 3. The smallest absolute Gasteiger partial charge is 0.343 e. The van der Waals surface area contributed by atoms with Gasteiger partial charge in [0.2, 0.25) is 13.1 Å². The zero-order valence-electron chi connectivity index (χ0n) is 28.4. The van der Waals surface area contributed by atoms with Crippen molar-refractivity contribution in [3.63, 3.8) is 0 Å². The summed E-state index contributed by atoms with van der Waals surface area (Å²) in [7, 11) is 0. The van der Waals surface area contributed by atoms with Gasteiger partial charge in [-0.05, 0) is 111 Å². The molecular weight excluding hydrogens is 628 g/mol.